The van der Waals surface area contributed by atoms with Gasteiger partial charge in [-0.2, -0.15) is 0 Å². The van der Waals surface area contributed by atoms with Crippen LogP contribution in [-0.4, -0.2) is 24.2 Å². The number of aliphatic hydroxyl groups excluding tert-OH is 1. The highest BCUT2D eigenvalue weighted by Gasteiger charge is 2.09. The average molecular weight is 132 g/mol. The number of amides is 1. The highest BCUT2D eigenvalue weighted by atomic mass is 16.3. The van der Waals surface area contributed by atoms with Crippen LogP contribution in [0.15, 0.2) is 0 Å². The summed E-state index contributed by atoms with van der Waals surface area (Å²) in [6, 6.07) is 0. The van der Waals surface area contributed by atoms with Gasteiger partial charge in [0.25, 0.3) is 5.91 Å². The van der Waals surface area contributed by atoms with Gasteiger partial charge in [-0.15, -0.1) is 0 Å². The first-order valence-corrected chi connectivity index (χ1v) is 2.87. The van der Waals surface area contributed by atoms with Crippen LogP contribution >= 0.6 is 0 Å². The third-order valence-corrected chi connectivity index (χ3v) is 0.938. The largest absolute Gasteiger partial charge is 0.383 e. The van der Waals surface area contributed by atoms with Gasteiger partial charge in [0, 0.05) is 7.05 Å². The van der Waals surface area contributed by atoms with Crippen molar-refractivity contribution >= 4 is 5.91 Å². The van der Waals surface area contributed by atoms with Crippen LogP contribution < -0.4 is 10.9 Å². The van der Waals surface area contributed by atoms with Crippen LogP contribution in [0, 0.1) is 0 Å². The highest BCUT2D eigenvalue weighted by molar-refractivity contribution is 5.79. The lowest BCUT2D eigenvalue weighted by atomic mass is 10.3. The van der Waals surface area contributed by atoms with Crippen LogP contribution in [0.2, 0.25) is 0 Å². The monoisotopic (exact) mass is 132 g/mol. The first kappa shape index (κ1) is 8.39. The van der Waals surface area contributed by atoms with Crippen molar-refractivity contribution in [3.05, 3.63) is 0 Å². The Kier molecular flexibility index (Phi) is 4.00. The van der Waals surface area contributed by atoms with Crippen molar-refractivity contribution in [2.75, 3.05) is 7.05 Å². The van der Waals surface area contributed by atoms with E-state index >= 15 is 0 Å². The molecule has 0 saturated heterocycles. The molecule has 0 aromatic rings. The van der Waals surface area contributed by atoms with Gasteiger partial charge in [-0.05, 0) is 6.42 Å². The molecule has 1 atom stereocenters. The molecule has 9 heavy (non-hydrogen) atoms. The summed E-state index contributed by atoms with van der Waals surface area (Å²) in [6.45, 7) is 1.74. The molecule has 0 aromatic carbocycles. The summed E-state index contributed by atoms with van der Waals surface area (Å²) in [7, 11) is 1.57. The maximum absolute atomic E-state index is 10.6. The Morgan fingerprint density at radius 2 is 2.33 bits per heavy atom. The third-order valence-electron chi connectivity index (χ3n) is 0.938. The first-order chi connectivity index (χ1) is 4.22. The second kappa shape index (κ2) is 4.29. The van der Waals surface area contributed by atoms with E-state index in [4.69, 9.17) is 5.11 Å². The number of hydrogen-bond acceptors (Lipinski definition) is 3. The standard InChI is InChI=1S/C5H12N2O2/c1-3-4(8)5(9)7-6-2/h4,6,8H,3H2,1-2H3,(H,7,9). The Bertz CT molecular complexity index is 95.0. The van der Waals surface area contributed by atoms with E-state index in [9.17, 15) is 4.79 Å². The summed E-state index contributed by atoms with van der Waals surface area (Å²) >= 11 is 0. The zero-order chi connectivity index (χ0) is 7.28. The minimum atomic E-state index is -0.891. The minimum Gasteiger partial charge on any atom is -0.383 e. The molecule has 0 spiro atoms. The van der Waals surface area contributed by atoms with E-state index in [2.05, 4.69) is 10.9 Å². The van der Waals surface area contributed by atoms with Crippen molar-refractivity contribution in [2.24, 2.45) is 0 Å². The molecule has 0 aliphatic rings. The van der Waals surface area contributed by atoms with E-state index in [1.807, 2.05) is 0 Å². The lowest BCUT2D eigenvalue weighted by Crippen LogP contribution is -2.41. The molecule has 0 heterocycles. The van der Waals surface area contributed by atoms with Crippen molar-refractivity contribution in [1.29, 1.82) is 0 Å². The van der Waals surface area contributed by atoms with E-state index in [-0.39, 0.29) is 5.91 Å². The normalized spacial score (nSPS) is 12.8. The van der Waals surface area contributed by atoms with Gasteiger partial charge < -0.3 is 5.11 Å². The molecule has 4 heteroatoms. The van der Waals surface area contributed by atoms with E-state index in [1.54, 1.807) is 14.0 Å². The molecule has 4 nitrogen and oxygen atoms in total. The molecule has 0 saturated carbocycles. The van der Waals surface area contributed by atoms with E-state index in [0.717, 1.165) is 0 Å². The van der Waals surface area contributed by atoms with Crippen LogP contribution in [0.1, 0.15) is 13.3 Å². The molecular weight excluding hydrogens is 120 g/mol. The fraction of sp³-hybridized carbons (Fsp3) is 0.800. The summed E-state index contributed by atoms with van der Waals surface area (Å²) in [4.78, 5) is 10.6. The summed E-state index contributed by atoms with van der Waals surface area (Å²) < 4.78 is 0. The summed E-state index contributed by atoms with van der Waals surface area (Å²) in [6.07, 6.45) is -0.453. The fourth-order valence-electron chi connectivity index (χ4n) is 0.392. The predicted octanol–water partition coefficient (Wildman–Crippen LogP) is -0.992. The van der Waals surface area contributed by atoms with Gasteiger partial charge in [-0.25, -0.2) is 5.43 Å². The number of nitrogens with one attached hydrogen (secondary N) is 2. The second-order valence-electron chi connectivity index (χ2n) is 1.66. The molecule has 0 bridgehead atoms. The number of hydrazine groups is 1. The first-order valence-electron chi connectivity index (χ1n) is 2.87. The summed E-state index contributed by atoms with van der Waals surface area (Å²) in [5, 5.41) is 8.81. The van der Waals surface area contributed by atoms with Gasteiger partial charge in [0.15, 0.2) is 0 Å². The average Bonchev–Trinajstić information content (AvgIpc) is 1.87. The van der Waals surface area contributed by atoms with E-state index in [1.165, 1.54) is 0 Å². The van der Waals surface area contributed by atoms with Crippen molar-refractivity contribution in [3.8, 4) is 0 Å². The molecule has 0 radical (unpaired) electrons. The zero-order valence-corrected chi connectivity index (χ0v) is 5.64. The van der Waals surface area contributed by atoms with Gasteiger partial charge in [-0.1, -0.05) is 6.92 Å². The molecule has 54 valence electrons. The summed E-state index contributed by atoms with van der Waals surface area (Å²) in [5.74, 6) is -0.389. The van der Waals surface area contributed by atoms with E-state index < -0.39 is 6.10 Å². The lowest BCUT2D eigenvalue weighted by Gasteiger charge is -2.06. The van der Waals surface area contributed by atoms with Crippen molar-refractivity contribution in [3.63, 3.8) is 0 Å². The van der Waals surface area contributed by atoms with Crippen LogP contribution in [0.4, 0.5) is 0 Å². The zero-order valence-electron chi connectivity index (χ0n) is 5.64. The molecule has 0 aliphatic carbocycles. The van der Waals surface area contributed by atoms with E-state index in [0.29, 0.717) is 6.42 Å². The van der Waals surface area contributed by atoms with Gasteiger partial charge in [-0.3, -0.25) is 10.2 Å². The van der Waals surface area contributed by atoms with Gasteiger partial charge in [0.05, 0.1) is 0 Å². The highest BCUT2D eigenvalue weighted by Crippen LogP contribution is 1.86. The van der Waals surface area contributed by atoms with Gasteiger partial charge in [0.1, 0.15) is 6.10 Å². The quantitative estimate of drug-likeness (QED) is 0.432. The Morgan fingerprint density at radius 3 is 2.67 bits per heavy atom. The Balaban J connectivity index is 3.46. The fourth-order valence-corrected chi connectivity index (χ4v) is 0.392. The smallest absolute Gasteiger partial charge is 0.262 e. The molecular formula is C5H12N2O2. The number of carbonyl (C=O) groups is 1. The lowest BCUT2D eigenvalue weighted by molar-refractivity contribution is -0.130. The third kappa shape index (κ3) is 3.05. The minimum absolute atomic E-state index is 0.389. The molecule has 1 unspecified atom stereocenters. The van der Waals surface area contributed by atoms with Crippen LogP contribution in [0.5, 0.6) is 0 Å². The maximum atomic E-state index is 10.6. The van der Waals surface area contributed by atoms with Gasteiger partial charge >= 0.3 is 0 Å². The Morgan fingerprint density at radius 1 is 1.78 bits per heavy atom. The SMILES string of the molecule is CCC(O)C(=O)NNC. The van der Waals surface area contributed by atoms with Crippen LogP contribution in [-0.2, 0) is 4.79 Å². The molecule has 0 aromatic heterocycles. The van der Waals surface area contributed by atoms with Crippen molar-refractivity contribution in [1.82, 2.24) is 10.9 Å². The van der Waals surface area contributed by atoms with Gasteiger partial charge in [0.2, 0.25) is 0 Å². The van der Waals surface area contributed by atoms with Crippen molar-refractivity contribution in [2.45, 2.75) is 19.4 Å². The molecule has 3 N–H and O–H groups in total. The molecule has 1 amide bonds. The van der Waals surface area contributed by atoms with Crippen LogP contribution in [0.25, 0.3) is 0 Å². The number of aliphatic hydroxyl groups is 1. The maximum Gasteiger partial charge on any atom is 0.262 e. The topological polar surface area (TPSA) is 61.4 Å². The summed E-state index contributed by atoms with van der Waals surface area (Å²) in [5.41, 5.74) is 4.68. The predicted molar refractivity (Wildman–Crippen MR) is 33.5 cm³/mol. The second-order valence-corrected chi connectivity index (χ2v) is 1.66. The Hall–Kier alpha value is -0.610. The number of rotatable bonds is 3. The van der Waals surface area contributed by atoms with Crippen LogP contribution in [0.3, 0.4) is 0 Å². The molecule has 0 rings (SSSR count). The Labute approximate surface area is 54.2 Å². The molecule has 0 fully saturated rings. The number of hydrogen-bond donors (Lipinski definition) is 3. The van der Waals surface area contributed by atoms with Crippen molar-refractivity contribution < 1.29 is 9.90 Å². The molecule has 0 aliphatic heterocycles. The number of carbonyl (C=O) groups excluding carboxylic acids is 1.